The monoisotopic (exact) mass is 332 g/mol. The lowest BCUT2D eigenvalue weighted by atomic mass is 10.2. The molecule has 0 atom stereocenters. The lowest BCUT2D eigenvalue weighted by Gasteiger charge is -2.05. The zero-order valence-electron chi connectivity index (χ0n) is 9.80. The third-order valence-electron chi connectivity index (χ3n) is 2.72. The van der Waals surface area contributed by atoms with Crippen molar-refractivity contribution < 1.29 is 9.53 Å². The molecule has 0 saturated heterocycles. The highest BCUT2D eigenvalue weighted by molar-refractivity contribution is 9.10. The molecule has 0 aliphatic carbocycles. The third-order valence-corrected chi connectivity index (χ3v) is 4.32. The van der Waals surface area contributed by atoms with Gasteiger partial charge in [-0.2, -0.15) is 0 Å². The van der Waals surface area contributed by atoms with Crippen LogP contribution in [0.5, 0.6) is 11.5 Å². The summed E-state index contributed by atoms with van der Waals surface area (Å²) in [5.41, 5.74) is 0. The molecule has 1 heterocycles. The van der Waals surface area contributed by atoms with Gasteiger partial charge in [-0.3, -0.25) is 4.79 Å². The molecule has 2 nitrogen and oxygen atoms in total. The van der Waals surface area contributed by atoms with Gasteiger partial charge < -0.3 is 4.74 Å². The number of thiophene rings is 1. The van der Waals surface area contributed by atoms with Crippen LogP contribution in [0.4, 0.5) is 0 Å². The van der Waals surface area contributed by atoms with Gasteiger partial charge in [0, 0.05) is 14.6 Å². The van der Waals surface area contributed by atoms with E-state index in [0.717, 1.165) is 26.6 Å². The van der Waals surface area contributed by atoms with E-state index >= 15 is 0 Å². The Balaban J connectivity index is 2.08. The third kappa shape index (κ3) is 2.41. The molecule has 0 fully saturated rings. The highest BCUT2D eigenvalue weighted by atomic mass is 79.9. The van der Waals surface area contributed by atoms with Gasteiger partial charge in [0.05, 0.1) is 0 Å². The van der Waals surface area contributed by atoms with Gasteiger partial charge in [-0.15, -0.1) is 11.3 Å². The van der Waals surface area contributed by atoms with Crippen molar-refractivity contribution in [2.75, 3.05) is 0 Å². The number of fused-ring (bicyclic) bond motifs is 1. The number of hydrogen-bond donors (Lipinski definition) is 0. The summed E-state index contributed by atoms with van der Waals surface area (Å²) in [5.74, 6) is 1.35. The van der Waals surface area contributed by atoms with Crippen LogP contribution >= 0.6 is 27.3 Å². The van der Waals surface area contributed by atoms with E-state index in [0.29, 0.717) is 10.6 Å². The summed E-state index contributed by atoms with van der Waals surface area (Å²) in [6.07, 6.45) is 0.846. The molecule has 3 aromatic rings. The maximum atomic E-state index is 11.2. The van der Waals surface area contributed by atoms with Crippen molar-refractivity contribution in [3.63, 3.8) is 0 Å². The molecular formula is C15H9BrO2S. The minimum atomic E-state index is 0.615. The van der Waals surface area contributed by atoms with Gasteiger partial charge >= 0.3 is 0 Å². The van der Waals surface area contributed by atoms with E-state index in [4.69, 9.17) is 4.74 Å². The minimum absolute atomic E-state index is 0.615. The summed E-state index contributed by atoms with van der Waals surface area (Å²) in [5, 5.41) is 0.970. The van der Waals surface area contributed by atoms with E-state index in [1.165, 1.54) is 11.3 Å². The normalized spacial score (nSPS) is 10.6. The first-order chi connectivity index (χ1) is 9.28. The van der Waals surface area contributed by atoms with Crippen LogP contribution < -0.4 is 4.74 Å². The lowest BCUT2D eigenvalue weighted by Crippen LogP contribution is -1.86. The Kier molecular flexibility index (Phi) is 3.36. The van der Waals surface area contributed by atoms with Crippen LogP contribution in [0, 0.1) is 0 Å². The predicted molar refractivity (Wildman–Crippen MR) is 81.4 cm³/mol. The highest BCUT2D eigenvalue weighted by Crippen LogP contribution is 2.39. The van der Waals surface area contributed by atoms with E-state index in [1.54, 1.807) is 0 Å². The van der Waals surface area contributed by atoms with Crippen molar-refractivity contribution >= 4 is 43.6 Å². The Hall–Kier alpha value is -1.65. The molecule has 0 aliphatic rings. The van der Waals surface area contributed by atoms with Crippen molar-refractivity contribution in [2.45, 2.75) is 0 Å². The molecule has 94 valence electrons. The molecular weight excluding hydrogens is 324 g/mol. The van der Waals surface area contributed by atoms with E-state index < -0.39 is 0 Å². The first kappa shape index (κ1) is 12.4. The van der Waals surface area contributed by atoms with Gasteiger partial charge in [0.1, 0.15) is 10.6 Å². The first-order valence-corrected chi connectivity index (χ1v) is 7.29. The molecule has 0 amide bonds. The molecule has 19 heavy (non-hydrogen) atoms. The molecule has 0 unspecified atom stereocenters. The molecule has 2 aromatic carbocycles. The Labute approximate surface area is 122 Å². The zero-order chi connectivity index (χ0) is 13.2. The maximum absolute atomic E-state index is 11.2. The second-order valence-corrected chi connectivity index (χ2v) is 5.96. The van der Waals surface area contributed by atoms with Gasteiger partial charge in [-0.25, -0.2) is 0 Å². The SMILES string of the molecule is O=Cc1sc2ccccc2c1Oc1ccc(Br)cc1. The van der Waals surface area contributed by atoms with Gasteiger partial charge in [-0.1, -0.05) is 28.1 Å². The van der Waals surface area contributed by atoms with Crippen LogP contribution in [0.25, 0.3) is 10.1 Å². The number of hydrogen-bond acceptors (Lipinski definition) is 3. The average molecular weight is 333 g/mol. The largest absolute Gasteiger partial charge is 0.455 e. The highest BCUT2D eigenvalue weighted by Gasteiger charge is 2.13. The van der Waals surface area contributed by atoms with Gasteiger partial charge in [0.25, 0.3) is 0 Å². The number of rotatable bonds is 3. The quantitative estimate of drug-likeness (QED) is 0.611. The number of carbonyl (C=O) groups is 1. The van der Waals surface area contributed by atoms with Crippen LogP contribution in [-0.2, 0) is 0 Å². The standard InChI is InChI=1S/C15H9BrO2S/c16-10-5-7-11(8-6-10)18-15-12-3-1-2-4-13(12)19-14(15)9-17/h1-9H. The van der Waals surface area contributed by atoms with Crippen molar-refractivity contribution in [1.82, 2.24) is 0 Å². The topological polar surface area (TPSA) is 26.3 Å². The molecule has 4 heteroatoms. The summed E-state index contributed by atoms with van der Waals surface area (Å²) < 4.78 is 7.91. The second-order valence-electron chi connectivity index (χ2n) is 3.97. The molecule has 0 saturated carbocycles. The Morgan fingerprint density at radius 3 is 2.53 bits per heavy atom. The lowest BCUT2D eigenvalue weighted by molar-refractivity contribution is 0.112. The number of halogens is 1. The molecule has 0 spiro atoms. The molecule has 0 aliphatic heterocycles. The molecule has 0 bridgehead atoms. The summed E-state index contributed by atoms with van der Waals surface area (Å²) in [4.78, 5) is 11.8. The van der Waals surface area contributed by atoms with E-state index in [1.807, 2.05) is 48.5 Å². The molecule has 1 aromatic heterocycles. The number of ether oxygens (including phenoxy) is 1. The summed E-state index contributed by atoms with van der Waals surface area (Å²) >= 11 is 4.83. The first-order valence-electron chi connectivity index (χ1n) is 5.68. The van der Waals surface area contributed by atoms with E-state index in [2.05, 4.69) is 15.9 Å². The summed E-state index contributed by atoms with van der Waals surface area (Å²) in [6, 6.07) is 15.4. The van der Waals surface area contributed by atoms with Crippen molar-refractivity contribution in [2.24, 2.45) is 0 Å². The summed E-state index contributed by atoms with van der Waals surface area (Å²) in [6.45, 7) is 0. The number of carbonyl (C=O) groups excluding carboxylic acids is 1. The van der Waals surface area contributed by atoms with Crippen LogP contribution in [0.3, 0.4) is 0 Å². The Morgan fingerprint density at radius 1 is 1.05 bits per heavy atom. The second kappa shape index (κ2) is 5.15. The van der Waals surface area contributed by atoms with Crippen LogP contribution in [-0.4, -0.2) is 6.29 Å². The summed E-state index contributed by atoms with van der Waals surface area (Å²) in [7, 11) is 0. The Bertz CT molecular complexity index is 731. The predicted octanol–water partition coefficient (Wildman–Crippen LogP) is 5.27. The molecule has 0 N–H and O–H groups in total. The van der Waals surface area contributed by atoms with Gasteiger partial charge in [-0.05, 0) is 36.4 Å². The van der Waals surface area contributed by atoms with Gasteiger partial charge in [0.2, 0.25) is 0 Å². The average Bonchev–Trinajstić information content (AvgIpc) is 2.79. The van der Waals surface area contributed by atoms with E-state index in [9.17, 15) is 4.79 Å². The molecule has 3 rings (SSSR count). The zero-order valence-corrected chi connectivity index (χ0v) is 12.2. The maximum Gasteiger partial charge on any atom is 0.163 e. The van der Waals surface area contributed by atoms with Crippen LogP contribution in [0.15, 0.2) is 53.0 Å². The van der Waals surface area contributed by atoms with Crippen LogP contribution in [0.2, 0.25) is 0 Å². The number of benzene rings is 2. The smallest absolute Gasteiger partial charge is 0.163 e. The van der Waals surface area contributed by atoms with Gasteiger partial charge in [0.15, 0.2) is 12.0 Å². The van der Waals surface area contributed by atoms with Crippen molar-refractivity contribution in [3.8, 4) is 11.5 Å². The van der Waals surface area contributed by atoms with Crippen LogP contribution in [0.1, 0.15) is 9.67 Å². The fraction of sp³-hybridized carbons (Fsp3) is 0. The van der Waals surface area contributed by atoms with Crippen molar-refractivity contribution in [3.05, 3.63) is 57.9 Å². The minimum Gasteiger partial charge on any atom is -0.455 e. The number of aldehydes is 1. The Morgan fingerprint density at radius 2 is 1.79 bits per heavy atom. The fourth-order valence-electron chi connectivity index (χ4n) is 1.84. The fourth-order valence-corrected chi connectivity index (χ4v) is 3.06. The van der Waals surface area contributed by atoms with Crippen molar-refractivity contribution in [1.29, 1.82) is 0 Å². The molecule has 0 radical (unpaired) electrons. The van der Waals surface area contributed by atoms with E-state index in [-0.39, 0.29) is 0 Å².